The van der Waals surface area contributed by atoms with Crippen molar-refractivity contribution >= 4 is 40.8 Å². The highest BCUT2D eigenvalue weighted by Gasteiger charge is 2.39. The highest BCUT2D eigenvalue weighted by Crippen LogP contribution is 2.31. The van der Waals surface area contributed by atoms with Crippen molar-refractivity contribution in [2.24, 2.45) is 0 Å². The first kappa shape index (κ1) is 19.6. The zero-order valence-corrected chi connectivity index (χ0v) is 16.5. The van der Waals surface area contributed by atoms with Gasteiger partial charge in [0.2, 0.25) is 0 Å². The zero-order chi connectivity index (χ0) is 20.4. The number of anilines is 2. The third-order valence-corrected chi connectivity index (χ3v) is 4.48. The van der Waals surface area contributed by atoms with Gasteiger partial charge >= 0.3 is 5.97 Å². The van der Waals surface area contributed by atoms with Crippen molar-refractivity contribution in [2.75, 3.05) is 16.8 Å². The van der Waals surface area contributed by atoms with Crippen LogP contribution >= 0.6 is 11.6 Å². The SMILES string of the molecule is CCOC(=O)c1cccc(N2C(=O)C(Cl)=C(Nc3cc(C)cc(C)c3)C2=O)c1. The first-order valence-electron chi connectivity index (χ1n) is 8.73. The van der Waals surface area contributed by atoms with Crippen LogP contribution in [-0.2, 0) is 14.3 Å². The smallest absolute Gasteiger partial charge is 0.338 e. The lowest BCUT2D eigenvalue weighted by molar-refractivity contribution is -0.120. The van der Waals surface area contributed by atoms with Crippen molar-refractivity contribution in [2.45, 2.75) is 20.8 Å². The van der Waals surface area contributed by atoms with E-state index >= 15 is 0 Å². The van der Waals surface area contributed by atoms with E-state index in [0.29, 0.717) is 5.69 Å². The molecule has 28 heavy (non-hydrogen) atoms. The minimum atomic E-state index is -0.653. The molecule has 2 aromatic carbocycles. The summed E-state index contributed by atoms with van der Waals surface area (Å²) in [4.78, 5) is 38.4. The Bertz CT molecular complexity index is 993. The molecule has 0 bridgehead atoms. The molecule has 1 N–H and O–H groups in total. The van der Waals surface area contributed by atoms with Crippen LogP contribution < -0.4 is 10.2 Å². The van der Waals surface area contributed by atoms with E-state index in [1.165, 1.54) is 6.07 Å². The summed E-state index contributed by atoms with van der Waals surface area (Å²) in [6.45, 7) is 5.79. The lowest BCUT2D eigenvalue weighted by Gasteiger charge is -2.16. The molecule has 3 rings (SSSR count). The summed E-state index contributed by atoms with van der Waals surface area (Å²) in [6.07, 6.45) is 0. The number of nitrogens with one attached hydrogen (secondary N) is 1. The molecule has 2 aromatic rings. The fourth-order valence-corrected chi connectivity index (χ4v) is 3.24. The Hall–Kier alpha value is -3.12. The van der Waals surface area contributed by atoms with E-state index < -0.39 is 17.8 Å². The maximum Gasteiger partial charge on any atom is 0.338 e. The van der Waals surface area contributed by atoms with Gasteiger partial charge in [0.1, 0.15) is 10.7 Å². The number of rotatable bonds is 5. The molecular weight excluding hydrogens is 380 g/mol. The van der Waals surface area contributed by atoms with Crippen LogP contribution in [0.5, 0.6) is 0 Å². The lowest BCUT2D eigenvalue weighted by atomic mass is 10.1. The number of benzene rings is 2. The van der Waals surface area contributed by atoms with Gasteiger partial charge in [0.25, 0.3) is 11.8 Å². The minimum absolute atomic E-state index is 0.00166. The lowest BCUT2D eigenvalue weighted by Crippen LogP contribution is -2.32. The fourth-order valence-electron chi connectivity index (χ4n) is 3.02. The number of aryl methyl sites for hydroxylation is 2. The molecule has 0 aliphatic carbocycles. The number of imide groups is 1. The van der Waals surface area contributed by atoms with Gasteiger partial charge in [-0.3, -0.25) is 9.59 Å². The van der Waals surface area contributed by atoms with E-state index in [-0.39, 0.29) is 28.6 Å². The third-order valence-electron chi connectivity index (χ3n) is 4.13. The van der Waals surface area contributed by atoms with Crippen molar-refractivity contribution < 1.29 is 19.1 Å². The number of halogens is 1. The average Bonchev–Trinajstić information content (AvgIpc) is 2.85. The molecular formula is C21H19ClN2O4. The van der Waals surface area contributed by atoms with Gasteiger partial charge in [0, 0.05) is 5.69 Å². The van der Waals surface area contributed by atoms with Gasteiger partial charge in [0.15, 0.2) is 0 Å². The number of carbonyl (C=O) groups excluding carboxylic acids is 3. The standard InChI is InChI=1S/C21H19ClN2O4/c1-4-28-21(27)14-6-5-7-16(11-14)24-19(25)17(22)18(20(24)26)23-15-9-12(2)8-13(3)10-15/h5-11,23H,4H2,1-3H3. The van der Waals surface area contributed by atoms with Crippen LogP contribution in [0.4, 0.5) is 11.4 Å². The van der Waals surface area contributed by atoms with Crippen LogP contribution in [0.1, 0.15) is 28.4 Å². The zero-order valence-electron chi connectivity index (χ0n) is 15.7. The Kier molecular flexibility index (Phi) is 5.51. The predicted molar refractivity (Wildman–Crippen MR) is 107 cm³/mol. The first-order chi connectivity index (χ1) is 13.3. The van der Waals surface area contributed by atoms with Crippen LogP contribution in [0.2, 0.25) is 0 Å². The maximum atomic E-state index is 12.9. The first-order valence-corrected chi connectivity index (χ1v) is 9.10. The van der Waals surface area contributed by atoms with Crippen molar-refractivity contribution in [3.8, 4) is 0 Å². The predicted octanol–water partition coefficient (Wildman–Crippen LogP) is 3.92. The summed E-state index contributed by atoms with van der Waals surface area (Å²) in [7, 11) is 0. The maximum absolute atomic E-state index is 12.9. The molecule has 144 valence electrons. The molecule has 0 fully saturated rings. The van der Waals surface area contributed by atoms with Crippen LogP contribution in [0.25, 0.3) is 0 Å². The molecule has 0 atom stereocenters. The number of carbonyl (C=O) groups is 3. The third kappa shape index (κ3) is 3.77. The molecule has 0 radical (unpaired) electrons. The van der Waals surface area contributed by atoms with Gasteiger partial charge in [0.05, 0.1) is 17.9 Å². The van der Waals surface area contributed by atoms with Crippen LogP contribution in [0.15, 0.2) is 53.2 Å². The normalized spacial score (nSPS) is 13.9. The summed E-state index contributed by atoms with van der Waals surface area (Å²) >= 11 is 6.16. The summed E-state index contributed by atoms with van der Waals surface area (Å²) in [6, 6.07) is 11.8. The topological polar surface area (TPSA) is 75.7 Å². The molecule has 1 heterocycles. The van der Waals surface area contributed by atoms with Gasteiger partial charge in [-0.25, -0.2) is 9.69 Å². The van der Waals surface area contributed by atoms with Gasteiger partial charge in [-0.2, -0.15) is 0 Å². The Balaban J connectivity index is 1.91. The number of esters is 1. The summed E-state index contributed by atoms with van der Waals surface area (Å²) < 4.78 is 4.97. The molecule has 0 spiro atoms. The van der Waals surface area contributed by atoms with Gasteiger partial charge in [-0.05, 0) is 62.2 Å². The Morgan fingerprint density at radius 3 is 2.39 bits per heavy atom. The summed E-state index contributed by atoms with van der Waals surface area (Å²) in [5.74, 6) is -1.77. The van der Waals surface area contributed by atoms with E-state index in [1.807, 2.05) is 32.0 Å². The highest BCUT2D eigenvalue weighted by atomic mass is 35.5. The Morgan fingerprint density at radius 2 is 1.75 bits per heavy atom. The van der Waals surface area contributed by atoms with Crippen LogP contribution in [0, 0.1) is 13.8 Å². The van der Waals surface area contributed by atoms with E-state index in [9.17, 15) is 14.4 Å². The van der Waals surface area contributed by atoms with Gasteiger partial charge in [-0.1, -0.05) is 23.7 Å². The second-order valence-electron chi connectivity index (χ2n) is 6.41. The van der Waals surface area contributed by atoms with E-state index in [2.05, 4.69) is 5.32 Å². The van der Waals surface area contributed by atoms with E-state index in [4.69, 9.17) is 16.3 Å². The monoisotopic (exact) mass is 398 g/mol. The van der Waals surface area contributed by atoms with Crippen molar-refractivity contribution in [1.82, 2.24) is 0 Å². The number of nitrogens with zero attached hydrogens (tertiary/aromatic N) is 1. The molecule has 0 aromatic heterocycles. The second-order valence-corrected chi connectivity index (χ2v) is 6.78. The van der Waals surface area contributed by atoms with Crippen LogP contribution in [0.3, 0.4) is 0 Å². The molecule has 7 heteroatoms. The van der Waals surface area contributed by atoms with E-state index in [1.54, 1.807) is 25.1 Å². The summed E-state index contributed by atoms with van der Waals surface area (Å²) in [5, 5.41) is 2.75. The highest BCUT2D eigenvalue weighted by molar-refractivity contribution is 6.53. The molecule has 2 amide bonds. The van der Waals surface area contributed by atoms with Gasteiger partial charge in [-0.15, -0.1) is 0 Å². The van der Waals surface area contributed by atoms with Crippen molar-refractivity contribution in [3.63, 3.8) is 0 Å². The number of ether oxygens (including phenoxy) is 1. The number of amides is 2. The van der Waals surface area contributed by atoms with E-state index in [0.717, 1.165) is 16.0 Å². The number of hydrogen-bond donors (Lipinski definition) is 1. The summed E-state index contributed by atoms with van der Waals surface area (Å²) in [5.41, 5.74) is 3.17. The van der Waals surface area contributed by atoms with Crippen molar-refractivity contribution in [1.29, 1.82) is 0 Å². The Labute approximate surface area is 167 Å². The average molecular weight is 399 g/mol. The molecule has 0 saturated heterocycles. The van der Waals surface area contributed by atoms with Gasteiger partial charge < -0.3 is 10.1 Å². The molecule has 1 aliphatic rings. The largest absolute Gasteiger partial charge is 0.462 e. The molecule has 6 nitrogen and oxygen atoms in total. The van der Waals surface area contributed by atoms with Crippen molar-refractivity contribution in [3.05, 3.63) is 69.9 Å². The quantitative estimate of drug-likeness (QED) is 0.610. The number of hydrogen-bond acceptors (Lipinski definition) is 5. The fraction of sp³-hybridized carbons (Fsp3) is 0.190. The second kappa shape index (κ2) is 7.86. The molecule has 0 unspecified atom stereocenters. The Morgan fingerprint density at radius 1 is 1.07 bits per heavy atom. The molecule has 0 saturated carbocycles. The van der Waals surface area contributed by atoms with Crippen LogP contribution in [-0.4, -0.2) is 24.4 Å². The molecule has 1 aliphatic heterocycles. The minimum Gasteiger partial charge on any atom is -0.462 e.